The van der Waals surface area contributed by atoms with E-state index < -0.39 is 5.97 Å². The molecule has 6 nitrogen and oxygen atoms in total. The Morgan fingerprint density at radius 2 is 2.21 bits per heavy atom. The highest BCUT2D eigenvalue weighted by atomic mass is 32.2. The predicted octanol–water partition coefficient (Wildman–Crippen LogP) is 1.14. The number of aromatic nitrogens is 2. The van der Waals surface area contributed by atoms with Crippen LogP contribution < -0.4 is 5.32 Å². The van der Waals surface area contributed by atoms with Gasteiger partial charge in [0.15, 0.2) is 5.16 Å². The number of amides is 1. The van der Waals surface area contributed by atoms with Crippen LogP contribution in [0.25, 0.3) is 0 Å². The van der Waals surface area contributed by atoms with Crippen molar-refractivity contribution in [3.05, 3.63) is 11.9 Å². The highest BCUT2D eigenvalue weighted by molar-refractivity contribution is 7.99. The molecule has 1 aromatic heterocycles. The van der Waals surface area contributed by atoms with Crippen LogP contribution in [0.15, 0.2) is 11.4 Å². The van der Waals surface area contributed by atoms with Crippen molar-refractivity contribution in [3.8, 4) is 0 Å². The van der Waals surface area contributed by atoms with Crippen molar-refractivity contribution >= 4 is 23.6 Å². The Morgan fingerprint density at radius 1 is 1.53 bits per heavy atom. The third kappa shape index (κ3) is 5.78. The summed E-state index contributed by atoms with van der Waals surface area (Å²) in [4.78, 5) is 26.5. The first-order valence-corrected chi connectivity index (χ1v) is 7.02. The molecule has 1 amide bonds. The molecule has 0 saturated heterocycles. The molecular formula is C12H19N3O3S. The summed E-state index contributed by atoms with van der Waals surface area (Å²) in [5, 5.41) is 12.0. The molecule has 0 bridgehead atoms. The lowest BCUT2D eigenvalue weighted by molar-refractivity contribution is -0.133. The molecule has 0 radical (unpaired) electrons. The fraction of sp³-hybridized carbons (Fsp3) is 0.583. The van der Waals surface area contributed by atoms with Crippen LogP contribution in [-0.2, 0) is 16.1 Å². The van der Waals surface area contributed by atoms with Crippen molar-refractivity contribution in [2.75, 3.05) is 12.3 Å². The van der Waals surface area contributed by atoms with Crippen molar-refractivity contribution in [2.24, 2.45) is 5.92 Å². The van der Waals surface area contributed by atoms with Crippen molar-refractivity contribution in [1.29, 1.82) is 0 Å². The maximum absolute atomic E-state index is 11.7. The molecule has 0 atom stereocenters. The lowest BCUT2D eigenvalue weighted by Crippen LogP contribution is -2.30. The molecule has 106 valence electrons. The SMILES string of the molecule is Cc1cn(CC(=O)NCC(C)C)c(SCC(=O)O)n1. The molecule has 7 heteroatoms. The van der Waals surface area contributed by atoms with Gasteiger partial charge in [-0.25, -0.2) is 4.98 Å². The van der Waals surface area contributed by atoms with Crippen molar-refractivity contribution in [1.82, 2.24) is 14.9 Å². The molecule has 19 heavy (non-hydrogen) atoms. The van der Waals surface area contributed by atoms with Gasteiger partial charge in [0.25, 0.3) is 0 Å². The molecule has 0 aliphatic heterocycles. The Balaban J connectivity index is 2.61. The van der Waals surface area contributed by atoms with Crippen LogP contribution in [0, 0.1) is 12.8 Å². The maximum atomic E-state index is 11.7. The molecule has 0 aliphatic rings. The minimum atomic E-state index is -0.901. The van der Waals surface area contributed by atoms with Gasteiger partial charge in [0.1, 0.15) is 6.54 Å². The van der Waals surface area contributed by atoms with E-state index in [0.717, 1.165) is 17.5 Å². The van der Waals surface area contributed by atoms with Gasteiger partial charge in [0, 0.05) is 12.7 Å². The van der Waals surface area contributed by atoms with Gasteiger partial charge in [-0.1, -0.05) is 25.6 Å². The summed E-state index contributed by atoms with van der Waals surface area (Å²) in [6.45, 7) is 6.65. The van der Waals surface area contributed by atoms with E-state index in [-0.39, 0.29) is 18.2 Å². The first-order valence-electron chi connectivity index (χ1n) is 6.03. The van der Waals surface area contributed by atoms with Crippen LogP contribution in [0.4, 0.5) is 0 Å². The monoisotopic (exact) mass is 285 g/mol. The molecule has 0 fully saturated rings. The van der Waals surface area contributed by atoms with Gasteiger partial charge in [-0.05, 0) is 12.8 Å². The average molecular weight is 285 g/mol. The average Bonchev–Trinajstić information content (AvgIpc) is 2.64. The Kier molecular flexibility index (Phi) is 5.88. The number of carboxylic acids is 1. The molecule has 0 unspecified atom stereocenters. The number of nitrogens with zero attached hydrogens (tertiary/aromatic N) is 2. The number of hydrogen-bond donors (Lipinski definition) is 2. The van der Waals surface area contributed by atoms with E-state index in [0.29, 0.717) is 17.6 Å². The maximum Gasteiger partial charge on any atom is 0.313 e. The lowest BCUT2D eigenvalue weighted by Gasteiger charge is -2.09. The topological polar surface area (TPSA) is 84.2 Å². The van der Waals surface area contributed by atoms with Crippen LogP contribution >= 0.6 is 11.8 Å². The quantitative estimate of drug-likeness (QED) is 0.734. The van der Waals surface area contributed by atoms with E-state index in [1.165, 1.54) is 0 Å². The summed E-state index contributed by atoms with van der Waals surface area (Å²) in [6, 6.07) is 0. The Bertz CT molecular complexity index is 457. The summed E-state index contributed by atoms with van der Waals surface area (Å²) in [5.74, 6) is -0.663. The fourth-order valence-corrected chi connectivity index (χ4v) is 2.15. The molecule has 0 aromatic carbocycles. The van der Waals surface area contributed by atoms with E-state index in [1.807, 2.05) is 20.8 Å². The van der Waals surface area contributed by atoms with Crippen LogP contribution in [0.2, 0.25) is 0 Å². The van der Waals surface area contributed by atoms with E-state index in [2.05, 4.69) is 10.3 Å². The molecule has 1 aromatic rings. The number of hydrogen-bond acceptors (Lipinski definition) is 4. The summed E-state index contributed by atoms with van der Waals surface area (Å²) in [5.41, 5.74) is 0.768. The van der Waals surface area contributed by atoms with Crippen LogP contribution in [0.1, 0.15) is 19.5 Å². The van der Waals surface area contributed by atoms with Crippen LogP contribution in [-0.4, -0.2) is 38.8 Å². The van der Waals surface area contributed by atoms with Gasteiger partial charge >= 0.3 is 5.97 Å². The Labute approximate surface area is 116 Å². The van der Waals surface area contributed by atoms with E-state index in [4.69, 9.17) is 5.11 Å². The Hall–Kier alpha value is -1.50. The van der Waals surface area contributed by atoms with Gasteiger partial charge in [-0.2, -0.15) is 0 Å². The molecule has 0 spiro atoms. The van der Waals surface area contributed by atoms with Crippen LogP contribution in [0.5, 0.6) is 0 Å². The van der Waals surface area contributed by atoms with Crippen LogP contribution in [0.3, 0.4) is 0 Å². The summed E-state index contributed by atoms with van der Waals surface area (Å²) < 4.78 is 1.68. The first kappa shape index (κ1) is 15.6. The third-order valence-corrected chi connectivity index (χ3v) is 3.18. The summed E-state index contributed by atoms with van der Waals surface area (Å²) in [7, 11) is 0. The normalized spacial score (nSPS) is 10.7. The first-order chi connectivity index (χ1) is 8.88. The number of nitrogens with one attached hydrogen (secondary N) is 1. The zero-order chi connectivity index (χ0) is 14.4. The van der Waals surface area contributed by atoms with E-state index >= 15 is 0 Å². The van der Waals surface area contributed by atoms with E-state index in [1.54, 1.807) is 10.8 Å². The van der Waals surface area contributed by atoms with Gasteiger partial charge < -0.3 is 15.0 Å². The number of aliphatic carboxylic acids is 1. The lowest BCUT2D eigenvalue weighted by atomic mass is 10.2. The fourth-order valence-electron chi connectivity index (χ4n) is 1.41. The molecular weight excluding hydrogens is 266 g/mol. The number of carboxylic acid groups (broad SMARTS) is 1. The van der Waals surface area contributed by atoms with Gasteiger partial charge in [-0.3, -0.25) is 9.59 Å². The molecule has 1 rings (SSSR count). The molecule has 2 N–H and O–H groups in total. The van der Waals surface area contributed by atoms with Crippen molar-refractivity contribution < 1.29 is 14.7 Å². The minimum Gasteiger partial charge on any atom is -0.481 e. The summed E-state index contributed by atoms with van der Waals surface area (Å²) >= 11 is 1.11. The van der Waals surface area contributed by atoms with Gasteiger partial charge in [0.2, 0.25) is 5.91 Å². The van der Waals surface area contributed by atoms with E-state index in [9.17, 15) is 9.59 Å². The highest BCUT2D eigenvalue weighted by Gasteiger charge is 2.11. The molecule has 1 heterocycles. The predicted molar refractivity (Wildman–Crippen MR) is 73.2 cm³/mol. The zero-order valence-electron chi connectivity index (χ0n) is 11.3. The zero-order valence-corrected chi connectivity index (χ0v) is 12.2. The number of rotatable bonds is 7. The number of carbonyl (C=O) groups excluding carboxylic acids is 1. The number of carbonyl (C=O) groups is 2. The minimum absolute atomic E-state index is 0.0654. The van der Waals surface area contributed by atoms with Crippen molar-refractivity contribution in [2.45, 2.75) is 32.5 Å². The second-order valence-corrected chi connectivity index (χ2v) is 5.62. The second kappa shape index (κ2) is 7.18. The standard InChI is InChI=1S/C12H19N3O3S/c1-8(2)4-13-10(16)6-15-5-9(3)14-12(15)19-7-11(17)18/h5,8H,4,6-7H2,1-3H3,(H,13,16)(H,17,18). The highest BCUT2D eigenvalue weighted by Crippen LogP contribution is 2.17. The third-order valence-electron chi connectivity index (χ3n) is 2.21. The van der Waals surface area contributed by atoms with Gasteiger partial charge in [0.05, 0.1) is 11.4 Å². The Morgan fingerprint density at radius 3 is 2.79 bits per heavy atom. The summed E-state index contributed by atoms with van der Waals surface area (Å²) in [6.07, 6.45) is 1.75. The number of imidazole rings is 1. The second-order valence-electron chi connectivity index (χ2n) is 4.67. The number of thioether (sulfide) groups is 1. The smallest absolute Gasteiger partial charge is 0.313 e. The molecule has 0 saturated carbocycles. The largest absolute Gasteiger partial charge is 0.481 e. The molecule has 0 aliphatic carbocycles. The number of aryl methyl sites for hydroxylation is 1. The van der Waals surface area contributed by atoms with Gasteiger partial charge in [-0.15, -0.1) is 0 Å². The van der Waals surface area contributed by atoms with Crippen molar-refractivity contribution in [3.63, 3.8) is 0 Å².